The molecule has 2 amide bonds. The van der Waals surface area contributed by atoms with E-state index >= 15 is 0 Å². The first-order valence-electron chi connectivity index (χ1n) is 20.1. The van der Waals surface area contributed by atoms with Crippen molar-refractivity contribution < 1.29 is 48.3 Å². The summed E-state index contributed by atoms with van der Waals surface area (Å²) in [6, 6.07) is 20.7. The third kappa shape index (κ3) is 9.52. The Morgan fingerprint density at radius 2 is 1.69 bits per heavy atom. The number of ether oxygens (including phenoxy) is 4. The monoisotopic (exact) mass is 792 g/mol. The molecule has 3 aromatic rings. The van der Waals surface area contributed by atoms with Gasteiger partial charge >= 0.3 is 11.9 Å². The number of amides is 2. The standard InChI is InChI=1S/C46H52N2O10/c1-45(2,3)57-40(51)22-21-35(28-49)47-42(52)36-15-9-23-48(36)43(53)34-24-38(41-39(25-34)56-46(58-41)26-32-12-4-5-13-33(32)27-46)55-44(54)31-19-17-29(18-20-31)10-8-14-30-11-6-7-16-37(30)50/h4-8,10-13,16-20,25,35-36,38-39,41,49-50H,9,14-15,21-24,26-28H2,1-3H3,(H,47,52). The number of fused-ring (bicyclic) bond motifs is 2. The molecule has 2 heterocycles. The van der Waals surface area contributed by atoms with Gasteiger partial charge in [0.1, 0.15) is 35.7 Å². The Kier molecular flexibility index (Phi) is 12.2. The van der Waals surface area contributed by atoms with Crippen LogP contribution in [0.2, 0.25) is 0 Å². The number of allylic oxidation sites excluding steroid dienone is 1. The van der Waals surface area contributed by atoms with Crippen LogP contribution in [-0.2, 0) is 52.6 Å². The van der Waals surface area contributed by atoms with Crippen molar-refractivity contribution in [1.82, 2.24) is 10.2 Å². The van der Waals surface area contributed by atoms with Crippen LogP contribution in [0.25, 0.3) is 6.08 Å². The average Bonchev–Trinajstić information content (AvgIpc) is 3.92. The summed E-state index contributed by atoms with van der Waals surface area (Å²) in [7, 11) is 0. The number of benzene rings is 3. The number of esters is 2. The van der Waals surface area contributed by atoms with E-state index in [4.69, 9.17) is 18.9 Å². The SMILES string of the molecule is CC(C)(C)OC(=O)CCC(CO)NC(=O)C1CCCN1C(=O)C1=CC2OC3(Cc4ccccc4C3)OC2C(OC(=O)c2ccc(C=CCc3ccccc3O)cc2)C1. The molecule has 2 fully saturated rings. The number of aromatic hydroxyl groups is 1. The Hall–Kier alpha value is -5.30. The fraction of sp³-hybridized carbons (Fsp3) is 0.435. The molecule has 3 aromatic carbocycles. The van der Waals surface area contributed by atoms with Crippen molar-refractivity contribution in [2.75, 3.05) is 13.2 Å². The van der Waals surface area contributed by atoms with Crippen molar-refractivity contribution in [1.29, 1.82) is 0 Å². The Bertz CT molecular complexity index is 2040. The Morgan fingerprint density at radius 3 is 2.38 bits per heavy atom. The predicted octanol–water partition coefficient (Wildman–Crippen LogP) is 5.37. The number of rotatable bonds is 12. The Balaban J connectivity index is 1.04. The number of carbonyl (C=O) groups excluding carboxylic acids is 4. The van der Waals surface area contributed by atoms with Gasteiger partial charge in [-0.15, -0.1) is 0 Å². The van der Waals surface area contributed by atoms with E-state index in [9.17, 15) is 29.4 Å². The summed E-state index contributed by atoms with van der Waals surface area (Å²) in [5, 5.41) is 22.9. The summed E-state index contributed by atoms with van der Waals surface area (Å²) in [5.74, 6) is -2.50. The fourth-order valence-electron chi connectivity index (χ4n) is 8.25. The normalized spacial score (nSPS) is 22.6. The zero-order chi connectivity index (χ0) is 41.0. The van der Waals surface area contributed by atoms with Crippen LogP contribution in [0.4, 0.5) is 0 Å². The second kappa shape index (κ2) is 17.3. The molecule has 1 spiro atoms. The quantitative estimate of drug-likeness (QED) is 0.204. The van der Waals surface area contributed by atoms with Crippen LogP contribution in [-0.4, -0.2) is 93.8 Å². The minimum Gasteiger partial charge on any atom is -0.508 e. The number of para-hydroxylation sites is 1. The number of nitrogens with one attached hydrogen (secondary N) is 1. The second-order valence-corrected chi connectivity index (χ2v) is 16.6. The van der Waals surface area contributed by atoms with Crippen LogP contribution >= 0.6 is 0 Å². The smallest absolute Gasteiger partial charge is 0.338 e. The molecule has 12 heteroatoms. The van der Waals surface area contributed by atoms with Crippen molar-refractivity contribution in [2.45, 2.75) is 114 Å². The number of carbonyl (C=O) groups is 4. The molecular formula is C46H52N2O10. The molecule has 2 aliphatic heterocycles. The lowest BCUT2D eigenvalue weighted by molar-refractivity contribution is -0.172. The fourth-order valence-corrected chi connectivity index (χ4v) is 8.25. The van der Waals surface area contributed by atoms with Gasteiger partial charge in [-0.3, -0.25) is 14.4 Å². The summed E-state index contributed by atoms with van der Waals surface area (Å²) in [6.07, 6.45) is 6.28. The lowest BCUT2D eigenvalue weighted by Crippen LogP contribution is -2.51. The average molecular weight is 793 g/mol. The molecule has 5 atom stereocenters. The van der Waals surface area contributed by atoms with E-state index in [2.05, 4.69) is 5.32 Å². The van der Waals surface area contributed by atoms with Crippen LogP contribution in [0.5, 0.6) is 5.75 Å². The molecular weight excluding hydrogens is 741 g/mol. The summed E-state index contributed by atoms with van der Waals surface area (Å²) >= 11 is 0. The lowest BCUT2D eigenvalue weighted by atomic mass is 9.91. The van der Waals surface area contributed by atoms with Crippen molar-refractivity contribution in [2.24, 2.45) is 0 Å². The van der Waals surface area contributed by atoms with E-state index in [0.29, 0.717) is 49.8 Å². The zero-order valence-corrected chi connectivity index (χ0v) is 33.2. The largest absolute Gasteiger partial charge is 0.508 e. The molecule has 12 nitrogen and oxygen atoms in total. The van der Waals surface area contributed by atoms with Gasteiger partial charge in [-0.2, -0.15) is 0 Å². The summed E-state index contributed by atoms with van der Waals surface area (Å²) < 4.78 is 24.9. The zero-order valence-electron chi connectivity index (χ0n) is 33.2. The number of hydrogen-bond acceptors (Lipinski definition) is 10. The molecule has 0 radical (unpaired) electrons. The third-order valence-corrected chi connectivity index (χ3v) is 11.0. The number of aliphatic hydroxyl groups excluding tert-OH is 1. The first-order valence-corrected chi connectivity index (χ1v) is 20.1. The molecule has 0 saturated carbocycles. The van der Waals surface area contributed by atoms with Gasteiger partial charge in [0.2, 0.25) is 11.8 Å². The van der Waals surface area contributed by atoms with Crippen LogP contribution in [0.15, 0.2) is 90.5 Å². The van der Waals surface area contributed by atoms with Gasteiger partial charge in [-0.25, -0.2) is 4.79 Å². The number of phenols is 1. The first kappa shape index (κ1) is 40.9. The van der Waals surface area contributed by atoms with Crippen molar-refractivity contribution in [3.63, 3.8) is 0 Å². The highest BCUT2D eigenvalue weighted by Gasteiger charge is 2.55. The molecule has 2 saturated heterocycles. The maximum Gasteiger partial charge on any atom is 0.338 e. The second-order valence-electron chi connectivity index (χ2n) is 16.6. The number of aliphatic hydroxyl groups is 1. The minimum atomic E-state index is -0.974. The highest BCUT2D eigenvalue weighted by atomic mass is 16.8. The maximum absolute atomic E-state index is 14.3. The predicted molar refractivity (Wildman–Crippen MR) is 214 cm³/mol. The van der Waals surface area contributed by atoms with E-state index in [1.165, 1.54) is 4.90 Å². The van der Waals surface area contributed by atoms with E-state index in [1.807, 2.05) is 60.7 Å². The van der Waals surface area contributed by atoms with Crippen LogP contribution < -0.4 is 5.32 Å². The molecule has 4 aliphatic rings. The van der Waals surface area contributed by atoms with Crippen molar-refractivity contribution >= 4 is 29.8 Å². The van der Waals surface area contributed by atoms with Crippen molar-refractivity contribution in [3.05, 3.63) is 118 Å². The number of nitrogens with zero attached hydrogens (tertiary/aromatic N) is 1. The molecule has 0 aromatic heterocycles. The summed E-state index contributed by atoms with van der Waals surface area (Å²) in [4.78, 5) is 55.5. The topological polar surface area (TPSA) is 161 Å². The Labute approximate surface area is 338 Å². The van der Waals surface area contributed by atoms with E-state index in [1.54, 1.807) is 51.1 Å². The highest BCUT2D eigenvalue weighted by molar-refractivity contribution is 5.98. The molecule has 2 aliphatic carbocycles. The van der Waals surface area contributed by atoms with Crippen molar-refractivity contribution in [3.8, 4) is 5.75 Å². The molecule has 3 N–H and O–H groups in total. The maximum atomic E-state index is 14.3. The van der Waals surface area contributed by atoms with Gasteiger partial charge < -0.3 is 39.4 Å². The van der Waals surface area contributed by atoms with Gasteiger partial charge in [0, 0.05) is 37.8 Å². The van der Waals surface area contributed by atoms with Gasteiger partial charge in [0.15, 0.2) is 5.79 Å². The molecule has 306 valence electrons. The highest BCUT2D eigenvalue weighted by Crippen LogP contribution is 2.45. The number of likely N-dealkylation sites (tertiary alicyclic amines) is 1. The molecule has 0 bridgehead atoms. The molecule has 58 heavy (non-hydrogen) atoms. The lowest BCUT2D eigenvalue weighted by Gasteiger charge is -2.33. The van der Waals surface area contributed by atoms with E-state index < -0.39 is 59.6 Å². The van der Waals surface area contributed by atoms with Gasteiger partial charge in [-0.05, 0) is 93.0 Å². The third-order valence-electron chi connectivity index (χ3n) is 11.0. The molecule has 7 rings (SSSR count). The van der Waals surface area contributed by atoms with Crippen LogP contribution in [0, 0.1) is 0 Å². The van der Waals surface area contributed by atoms with Gasteiger partial charge in [0.25, 0.3) is 0 Å². The summed E-state index contributed by atoms with van der Waals surface area (Å²) in [5.41, 5.74) is 3.95. The van der Waals surface area contributed by atoms with E-state index in [-0.39, 0.29) is 37.5 Å². The molecule has 5 unspecified atom stereocenters. The number of hydrogen-bond donors (Lipinski definition) is 3. The van der Waals surface area contributed by atoms with Gasteiger partial charge in [-0.1, -0.05) is 66.7 Å². The first-order chi connectivity index (χ1) is 27.8. The van der Waals surface area contributed by atoms with Crippen LogP contribution in [0.1, 0.15) is 85.5 Å². The Morgan fingerprint density at radius 1 is 0.983 bits per heavy atom. The summed E-state index contributed by atoms with van der Waals surface area (Å²) in [6.45, 7) is 5.29. The van der Waals surface area contributed by atoms with Gasteiger partial charge in [0.05, 0.1) is 18.2 Å². The van der Waals surface area contributed by atoms with E-state index in [0.717, 1.165) is 22.3 Å². The van der Waals surface area contributed by atoms with Crippen LogP contribution in [0.3, 0.4) is 0 Å². The number of phenolic OH excluding ortho intramolecular Hbond substituents is 1. The minimum absolute atomic E-state index is 0.0162.